The fourth-order valence-electron chi connectivity index (χ4n) is 0.637. The van der Waals surface area contributed by atoms with E-state index in [9.17, 15) is 0 Å². The summed E-state index contributed by atoms with van der Waals surface area (Å²) in [5, 5.41) is 0. The van der Waals surface area contributed by atoms with Gasteiger partial charge in [0.1, 0.15) is 0 Å². The lowest BCUT2D eigenvalue weighted by Crippen LogP contribution is -2.17. The molecule has 0 saturated carbocycles. The van der Waals surface area contributed by atoms with Gasteiger partial charge in [0.25, 0.3) is 0 Å². The van der Waals surface area contributed by atoms with Crippen molar-refractivity contribution in [2.45, 2.75) is 20.3 Å². The second-order valence-corrected chi connectivity index (χ2v) is 2.48. The fraction of sp³-hybridized carbons (Fsp3) is 0.667. The Morgan fingerprint density at radius 2 is 2.22 bits per heavy atom. The number of hydrazine groups is 1. The van der Waals surface area contributed by atoms with Crippen LogP contribution in [-0.2, 0) is 0 Å². The van der Waals surface area contributed by atoms with Gasteiger partial charge in [-0.25, -0.2) is 0 Å². The zero-order chi connectivity index (χ0) is 7.28. The standard InChI is InChI=1S/C6H15N3/c1-5(2)3-6(7)4-9-8/h4-5,9H,3,7-8H2,1-2H3/b6-4-. The molecule has 0 radical (unpaired) electrons. The molecule has 0 amide bonds. The van der Waals surface area contributed by atoms with Gasteiger partial charge in [0.15, 0.2) is 0 Å². The lowest BCUT2D eigenvalue weighted by molar-refractivity contribution is 0.634. The van der Waals surface area contributed by atoms with Gasteiger partial charge in [-0.05, 0) is 12.3 Å². The van der Waals surface area contributed by atoms with Crippen LogP contribution in [0.2, 0.25) is 0 Å². The third-order valence-electron chi connectivity index (χ3n) is 0.913. The molecule has 9 heavy (non-hydrogen) atoms. The number of nitrogens with two attached hydrogens (primary N) is 2. The summed E-state index contributed by atoms with van der Waals surface area (Å²) in [5.41, 5.74) is 8.69. The predicted molar refractivity (Wildman–Crippen MR) is 39.0 cm³/mol. The van der Waals surface area contributed by atoms with Crippen molar-refractivity contribution in [1.82, 2.24) is 5.43 Å². The van der Waals surface area contributed by atoms with E-state index in [1.807, 2.05) is 0 Å². The molecule has 54 valence electrons. The van der Waals surface area contributed by atoms with Gasteiger partial charge in [0.05, 0.1) is 0 Å². The van der Waals surface area contributed by atoms with Gasteiger partial charge in [-0.3, -0.25) is 5.84 Å². The molecule has 3 nitrogen and oxygen atoms in total. The predicted octanol–water partition coefficient (Wildman–Crippen LogP) is 0.296. The summed E-state index contributed by atoms with van der Waals surface area (Å²) in [6, 6.07) is 0. The molecule has 0 rings (SSSR count). The highest BCUT2D eigenvalue weighted by atomic mass is 15.2. The van der Waals surface area contributed by atoms with E-state index in [0.717, 1.165) is 12.1 Å². The first-order chi connectivity index (χ1) is 4.16. The smallest absolute Gasteiger partial charge is 0.0310 e. The molecule has 0 aliphatic carbocycles. The third-order valence-corrected chi connectivity index (χ3v) is 0.913. The largest absolute Gasteiger partial charge is 0.401 e. The summed E-state index contributed by atoms with van der Waals surface area (Å²) in [7, 11) is 0. The third kappa shape index (κ3) is 5.17. The van der Waals surface area contributed by atoms with Gasteiger partial charge in [0, 0.05) is 11.9 Å². The number of hydrogen-bond acceptors (Lipinski definition) is 3. The minimum Gasteiger partial charge on any atom is -0.401 e. The zero-order valence-electron chi connectivity index (χ0n) is 6.02. The van der Waals surface area contributed by atoms with Gasteiger partial charge >= 0.3 is 0 Å². The lowest BCUT2D eigenvalue weighted by Gasteiger charge is -2.03. The topological polar surface area (TPSA) is 64.1 Å². The molecule has 0 aromatic carbocycles. The monoisotopic (exact) mass is 129 g/mol. The van der Waals surface area contributed by atoms with E-state index >= 15 is 0 Å². The van der Waals surface area contributed by atoms with Crippen molar-refractivity contribution in [3.05, 3.63) is 11.9 Å². The molecule has 0 unspecified atom stereocenters. The fourth-order valence-corrected chi connectivity index (χ4v) is 0.637. The number of nitrogens with one attached hydrogen (secondary N) is 1. The average Bonchev–Trinajstić information content (AvgIpc) is 1.63. The zero-order valence-corrected chi connectivity index (χ0v) is 6.02. The van der Waals surface area contributed by atoms with E-state index in [-0.39, 0.29) is 0 Å². The van der Waals surface area contributed by atoms with Crippen molar-refractivity contribution in [3.63, 3.8) is 0 Å². The van der Waals surface area contributed by atoms with Crippen LogP contribution in [0.1, 0.15) is 20.3 Å². The quantitative estimate of drug-likeness (QED) is 0.379. The minimum absolute atomic E-state index is 0.592. The number of rotatable bonds is 3. The molecule has 0 spiro atoms. The molecule has 0 aromatic rings. The summed E-state index contributed by atoms with van der Waals surface area (Å²) in [6.45, 7) is 4.22. The Bertz CT molecular complexity index is 96.5. The normalized spacial score (nSPS) is 12.2. The molecule has 0 saturated heterocycles. The van der Waals surface area contributed by atoms with E-state index < -0.39 is 0 Å². The lowest BCUT2D eigenvalue weighted by atomic mass is 10.1. The highest BCUT2D eigenvalue weighted by Gasteiger charge is 1.93. The Hall–Kier alpha value is -0.700. The summed E-state index contributed by atoms with van der Waals surface area (Å²) in [4.78, 5) is 0. The van der Waals surface area contributed by atoms with Gasteiger partial charge in [-0.1, -0.05) is 13.8 Å². The Kier molecular flexibility index (Phi) is 3.88. The number of allylic oxidation sites excluding steroid dienone is 1. The first-order valence-corrected chi connectivity index (χ1v) is 3.07. The summed E-state index contributed by atoms with van der Waals surface area (Å²) < 4.78 is 0. The van der Waals surface area contributed by atoms with Gasteiger partial charge in [-0.15, -0.1) is 0 Å². The van der Waals surface area contributed by atoms with E-state index in [0.29, 0.717) is 5.92 Å². The van der Waals surface area contributed by atoms with Crippen molar-refractivity contribution in [2.24, 2.45) is 17.5 Å². The molecular formula is C6H15N3. The summed E-state index contributed by atoms with van der Waals surface area (Å²) >= 11 is 0. The second-order valence-electron chi connectivity index (χ2n) is 2.48. The molecule has 0 fully saturated rings. The van der Waals surface area contributed by atoms with Gasteiger partial charge in [-0.2, -0.15) is 0 Å². The Labute approximate surface area is 56.1 Å². The minimum atomic E-state index is 0.592. The Morgan fingerprint density at radius 1 is 1.67 bits per heavy atom. The van der Waals surface area contributed by atoms with Crippen LogP contribution in [0.25, 0.3) is 0 Å². The van der Waals surface area contributed by atoms with Gasteiger partial charge < -0.3 is 11.2 Å². The Balaban J connectivity index is 3.49. The number of hydrogen-bond donors (Lipinski definition) is 3. The molecular weight excluding hydrogens is 114 g/mol. The van der Waals surface area contributed by atoms with Crippen molar-refractivity contribution in [1.29, 1.82) is 0 Å². The van der Waals surface area contributed by atoms with Crippen LogP contribution in [0, 0.1) is 5.92 Å². The van der Waals surface area contributed by atoms with Crippen molar-refractivity contribution >= 4 is 0 Å². The van der Waals surface area contributed by atoms with E-state index in [1.54, 1.807) is 6.20 Å². The van der Waals surface area contributed by atoms with Crippen LogP contribution >= 0.6 is 0 Å². The average molecular weight is 129 g/mol. The van der Waals surface area contributed by atoms with Crippen LogP contribution < -0.4 is 17.0 Å². The molecule has 0 aromatic heterocycles. The van der Waals surface area contributed by atoms with E-state index in [2.05, 4.69) is 19.3 Å². The van der Waals surface area contributed by atoms with Crippen molar-refractivity contribution < 1.29 is 0 Å². The maximum Gasteiger partial charge on any atom is 0.0310 e. The van der Waals surface area contributed by atoms with Crippen LogP contribution in [0.4, 0.5) is 0 Å². The molecule has 0 heterocycles. The summed E-state index contributed by atoms with van der Waals surface area (Å²) in [5.74, 6) is 5.59. The first kappa shape index (κ1) is 8.30. The second kappa shape index (κ2) is 4.21. The van der Waals surface area contributed by atoms with Gasteiger partial charge in [0.2, 0.25) is 0 Å². The molecule has 0 bridgehead atoms. The van der Waals surface area contributed by atoms with E-state index in [4.69, 9.17) is 11.6 Å². The van der Waals surface area contributed by atoms with Crippen LogP contribution in [0.5, 0.6) is 0 Å². The van der Waals surface area contributed by atoms with Crippen LogP contribution in [0.3, 0.4) is 0 Å². The highest BCUT2D eigenvalue weighted by molar-refractivity contribution is 4.94. The highest BCUT2D eigenvalue weighted by Crippen LogP contribution is 2.03. The van der Waals surface area contributed by atoms with Crippen LogP contribution in [0.15, 0.2) is 11.9 Å². The summed E-state index contributed by atoms with van der Waals surface area (Å²) in [6.07, 6.45) is 2.50. The maximum atomic E-state index is 5.50. The Morgan fingerprint density at radius 3 is 2.56 bits per heavy atom. The molecule has 3 heteroatoms. The molecule has 0 atom stereocenters. The molecule has 0 aliphatic heterocycles. The van der Waals surface area contributed by atoms with Crippen molar-refractivity contribution in [3.8, 4) is 0 Å². The van der Waals surface area contributed by atoms with Crippen LogP contribution in [-0.4, -0.2) is 0 Å². The van der Waals surface area contributed by atoms with Crippen molar-refractivity contribution in [2.75, 3.05) is 0 Å². The van der Waals surface area contributed by atoms with E-state index in [1.165, 1.54) is 0 Å². The first-order valence-electron chi connectivity index (χ1n) is 3.07. The molecule has 5 N–H and O–H groups in total. The SMILES string of the molecule is CC(C)C/C(N)=C/NN. The molecule has 0 aliphatic rings. The maximum absolute atomic E-state index is 5.50.